The van der Waals surface area contributed by atoms with E-state index in [0.717, 1.165) is 30.6 Å². The number of nitrogens with one attached hydrogen (secondary N) is 1. The molecule has 0 saturated heterocycles. The number of fused-ring (bicyclic) bond motifs is 1. The summed E-state index contributed by atoms with van der Waals surface area (Å²) in [5, 5.41) is 2.74. The van der Waals surface area contributed by atoms with Crippen molar-refractivity contribution >= 4 is 23.2 Å². The van der Waals surface area contributed by atoms with Gasteiger partial charge in [-0.3, -0.25) is 9.59 Å². The maximum Gasteiger partial charge on any atom is 0.243 e. The molecule has 1 aliphatic heterocycles. The maximum absolute atomic E-state index is 12.8. The maximum atomic E-state index is 12.8. The van der Waals surface area contributed by atoms with Gasteiger partial charge >= 0.3 is 0 Å². The molecule has 3 rings (SSSR count). The summed E-state index contributed by atoms with van der Waals surface area (Å²) in [5.41, 5.74) is 9.50. The number of hydrogen-bond acceptors (Lipinski definition) is 4. The number of nitrogens with zero attached hydrogens (tertiary/aromatic N) is 1. The molecule has 1 aliphatic rings. The number of amides is 2. The summed E-state index contributed by atoms with van der Waals surface area (Å²) >= 11 is 0. The second kappa shape index (κ2) is 8.79. The highest BCUT2D eigenvalue weighted by molar-refractivity contribution is 5.96. The summed E-state index contributed by atoms with van der Waals surface area (Å²) in [7, 11) is 1.50. The zero-order valence-corrected chi connectivity index (χ0v) is 15.5. The van der Waals surface area contributed by atoms with E-state index in [9.17, 15) is 9.59 Å². The van der Waals surface area contributed by atoms with Crippen molar-refractivity contribution in [1.82, 2.24) is 0 Å². The van der Waals surface area contributed by atoms with Crippen molar-refractivity contribution in [2.75, 3.05) is 30.5 Å². The van der Waals surface area contributed by atoms with Crippen LogP contribution in [-0.2, 0) is 27.2 Å². The average molecular weight is 367 g/mol. The molecule has 0 saturated carbocycles. The minimum atomic E-state index is -0.713. The van der Waals surface area contributed by atoms with E-state index in [4.69, 9.17) is 10.5 Å². The van der Waals surface area contributed by atoms with Gasteiger partial charge in [-0.05, 0) is 42.2 Å². The minimum Gasteiger partial charge on any atom is -0.383 e. The van der Waals surface area contributed by atoms with Crippen molar-refractivity contribution in [2.24, 2.45) is 5.73 Å². The van der Waals surface area contributed by atoms with E-state index in [2.05, 4.69) is 11.4 Å². The lowest BCUT2D eigenvalue weighted by Gasteiger charge is -2.29. The molecule has 3 N–H and O–H groups in total. The van der Waals surface area contributed by atoms with E-state index in [0.29, 0.717) is 12.1 Å². The predicted molar refractivity (Wildman–Crippen MR) is 106 cm³/mol. The van der Waals surface area contributed by atoms with Gasteiger partial charge in [0, 0.05) is 25.0 Å². The Hall–Kier alpha value is -2.70. The molecule has 2 amide bonds. The lowest BCUT2D eigenvalue weighted by Crippen LogP contribution is -2.39. The SMILES string of the molecule is COCC(N)C(=O)Nc1ccc(CC(=O)N2CCCc3ccccc32)cc1. The van der Waals surface area contributed by atoms with E-state index >= 15 is 0 Å². The number of methoxy groups -OCH3 is 1. The first-order valence-electron chi connectivity index (χ1n) is 9.11. The topological polar surface area (TPSA) is 84.7 Å². The van der Waals surface area contributed by atoms with E-state index < -0.39 is 6.04 Å². The number of ether oxygens (including phenoxy) is 1. The van der Waals surface area contributed by atoms with Crippen LogP contribution in [0.25, 0.3) is 0 Å². The molecule has 27 heavy (non-hydrogen) atoms. The fourth-order valence-corrected chi connectivity index (χ4v) is 3.26. The van der Waals surface area contributed by atoms with Gasteiger partial charge < -0.3 is 20.7 Å². The normalized spacial score (nSPS) is 14.4. The number of anilines is 2. The molecule has 0 radical (unpaired) electrons. The van der Waals surface area contributed by atoms with Crippen molar-refractivity contribution in [3.05, 3.63) is 59.7 Å². The van der Waals surface area contributed by atoms with Crippen molar-refractivity contribution in [2.45, 2.75) is 25.3 Å². The van der Waals surface area contributed by atoms with Crippen LogP contribution in [0.15, 0.2) is 48.5 Å². The van der Waals surface area contributed by atoms with Crippen molar-refractivity contribution in [3.8, 4) is 0 Å². The summed E-state index contributed by atoms with van der Waals surface area (Å²) in [6.07, 6.45) is 2.32. The van der Waals surface area contributed by atoms with Crippen LogP contribution in [0.3, 0.4) is 0 Å². The Morgan fingerprint density at radius 3 is 2.67 bits per heavy atom. The molecule has 1 unspecified atom stereocenters. The van der Waals surface area contributed by atoms with Gasteiger partial charge in [-0.2, -0.15) is 0 Å². The Labute approximate surface area is 159 Å². The molecular formula is C21H25N3O3. The fraction of sp³-hybridized carbons (Fsp3) is 0.333. The molecule has 6 heteroatoms. The molecule has 0 aromatic heterocycles. The number of carbonyl (C=O) groups excluding carboxylic acids is 2. The summed E-state index contributed by atoms with van der Waals surface area (Å²) in [6.45, 7) is 0.914. The molecule has 142 valence electrons. The first-order chi connectivity index (χ1) is 13.1. The van der Waals surface area contributed by atoms with E-state index in [-0.39, 0.29) is 18.4 Å². The number of aryl methyl sites for hydroxylation is 1. The zero-order chi connectivity index (χ0) is 19.2. The summed E-state index contributed by atoms with van der Waals surface area (Å²) in [5.74, 6) is -0.216. The lowest BCUT2D eigenvalue weighted by atomic mass is 10.0. The quantitative estimate of drug-likeness (QED) is 0.819. The largest absolute Gasteiger partial charge is 0.383 e. The number of carbonyl (C=O) groups is 2. The molecular weight excluding hydrogens is 342 g/mol. The van der Waals surface area contributed by atoms with Crippen LogP contribution in [0.5, 0.6) is 0 Å². The third-order valence-corrected chi connectivity index (χ3v) is 4.67. The second-order valence-corrected chi connectivity index (χ2v) is 6.70. The van der Waals surface area contributed by atoms with Gasteiger partial charge in [0.15, 0.2) is 0 Å². The fourth-order valence-electron chi connectivity index (χ4n) is 3.26. The van der Waals surface area contributed by atoms with Gasteiger partial charge in [0.2, 0.25) is 11.8 Å². The Morgan fingerprint density at radius 2 is 1.93 bits per heavy atom. The minimum absolute atomic E-state index is 0.0843. The van der Waals surface area contributed by atoms with E-state index in [1.807, 2.05) is 35.2 Å². The van der Waals surface area contributed by atoms with E-state index in [1.54, 1.807) is 12.1 Å². The number of rotatable bonds is 6. The zero-order valence-electron chi connectivity index (χ0n) is 15.5. The molecule has 2 aromatic rings. The van der Waals surface area contributed by atoms with Gasteiger partial charge in [0.25, 0.3) is 0 Å². The molecule has 6 nitrogen and oxygen atoms in total. The standard InChI is InChI=1S/C21H25N3O3/c1-27-14-18(22)21(26)23-17-10-8-15(9-11-17)13-20(25)24-12-4-6-16-5-2-3-7-19(16)24/h2-3,5,7-11,18H,4,6,12-14,22H2,1H3,(H,23,26). The molecule has 2 aromatic carbocycles. The van der Waals surface area contributed by atoms with Crippen molar-refractivity contribution < 1.29 is 14.3 Å². The highest BCUT2D eigenvalue weighted by atomic mass is 16.5. The average Bonchev–Trinajstić information content (AvgIpc) is 2.69. The monoisotopic (exact) mass is 367 g/mol. The Balaban J connectivity index is 1.62. The Kier molecular flexibility index (Phi) is 6.21. The van der Waals surface area contributed by atoms with Crippen LogP contribution in [0, 0.1) is 0 Å². The molecule has 1 atom stereocenters. The number of hydrogen-bond donors (Lipinski definition) is 2. The van der Waals surface area contributed by atoms with Gasteiger partial charge in [0.05, 0.1) is 13.0 Å². The highest BCUT2D eigenvalue weighted by Gasteiger charge is 2.22. The predicted octanol–water partition coefficient (Wildman–Crippen LogP) is 2.12. The summed E-state index contributed by atoms with van der Waals surface area (Å²) in [6, 6.07) is 14.6. The van der Waals surface area contributed by atoms with Crippen LogP contribution < -0.4 is 16.0 Å². The molecule has 0 fully saturated rings. The number of para-hydroxylation sites is 1. The molecule has 1 heterocycles. The van der Waals surface area contributed by atoms with Crippen LogP contribution in [0.1, 0.15) is 17.5 Å². The lowest BCUT2D eigenvalue weighted by molar-refractivity contribution is -0.119. The first kappa shape index (κ1) is 19.1. The molecule has 0 bridgehead atoms. The van der Waals surface area contributed by atoms with Crippen LogP contribution in [0.2, 0.25) is 0 Å². The van der Waals surface area contributed by atoms with Crippen LogP contribution >= 0.6 is 0 Å². The van der Waals surface area contributed by atoms with E-state index in [1.165, 1.54) is 12.7 Å². The summed E-state index contributed by atoms with van der Waals surface area (Å²) < 4.78 is 4.88. The highest BCUT2D eigenvalue weighted by Crippen LogP contribution is 2.27. The number of benzene rings is 2. The first-order valence-corrected chi connectivity index (χ1v) is 9.11. The van der Waals surface area contributed by atoms with Crippen molar-refractivity contribution in [3.63, 3.8) is 0 Å². The van der Waals surface area contributed by atoms with Crippen LogP contribution in [0.4, 0.5) is 11.4 Å². The molecule has 0 spiro atoms. The number of nitrogens with two attached hydrogens (primary N) is 1. The smallest absolute Gasteiger partial charge is 0.243 e. The van der Waals surface area contributed by atoms with Gasteiger partial charge in [-0.25, -0.2) is 0 Å². The summed E-state index contributed by atoms with van der Waals surface area (Å²) in [4.78, 5) is 26.6. The third kappa shape index (κ3) is 4.72. The van der Waals surface area contributed by atoms with Crippen molar-refractivity contribution in [1.29, 1.82) is 0 Å². The van der Waals surface area contributed by atoms with Crippen LogP contribution in [-0.4, -0.2) is 38.1 Å². The Bertz CT molecular complexity index is 805. The van der Waals surface area contributed by atoms with Gasteiger partial charge in [0.1, 0.15) is 6.04 Å². The van der Waals surface area contributed by atoms with Gasteiger partial charge in [-0.15, -0.1) is 0 Å². The third-order valence-electron chi connectivity index (χ3n) is 4.67. The Morgan fingerprint density at radius 1 is 1.19 bits per heavy atom. The second-order valence-electron chi connectivity index (χ2n) is 6.70. The molecule has 0 aliphatic carbocycles. The van der Waals surface area contributed by atoms with Gasteiger partial charge in [-0.1, -0.05) is 30.3 Å².